The predicted octanol–water partition coefficient (Wildman–Crippen LogP) is 3.50. The van der Waals surface area contributed by atoms with E-state index in [4.69, 9.17) is 9.47 Å². The van der Waals surface area contributed by atoms with Crippen LogP contribution in [-0.4, -0.2) is 19.2 Å². The van der Waals surface area contributed by atoms with Crippen LogP contribution in [0.25, 0.3) is 0 Å². The van der Waals surface area contributed by atoms with E-state index in [-0.39, 0.29) is 18.7 Å². The van der Waals surface area contributed by atoms with Gasteiger partial charge < -0.3 is 14.8 Å². The molecule has 124 valence electrons. The van der Waals surface area contributed by atoms with Gasteiger partial charge >= 0.3 is 6.09 Å². The number of alkyl carbamates (subject to hydrolysis) is 1. The molecule has 0 radical (unpaired) electrons. The molecular formula is C19H18FNO3. The highest BCUT2D eigenvalue weighted by Crippen LogP contribution is 2.15. The number of carbonyl (C=O) groups is 1. The lowest BCUT2D eigenvalue weighted by Crippen LogP contribution is -2.24. The number of benzene rings is 2. The van der Waals surface area contributed by atoms with E-state index < -0.39 is 11.9 Å². The van der Waals surface area contributed by atoms with Gasteiger partial charge in [0, 0.05) is 6.07 Å². The zero-order valence-electron chi connectivity index (χ0n) is 13.3. The van der Waals surface area contributed by atoms with Crippen LogP contribution in [-0.2, 0) is 11.3 Å². The third-order valence-electron chi connectivity index (χ3n) is 3.01. The first-order valence-corrected chi connectivity index (χ1v) is 7.55. The summed E-state index contributed by atoms with van der Waals surface area (Å²) >= 11 is 0. The van der Waals surface area contributed by atoms with Gasteiger partial charge in [0.05, 0.1) is 18.7 Å². The molecule has 0 aliphatic carbocycles. The second kappa shape index (κ2) is 9.21. The molecule has 0 saturated heterocycles. The van der Waals surface area contributed by atoms with Gasteiger partial charge in [-0.05, 0) is 24.6 Å². The van der Waals surface area contributed by atoms with Gasteiger partial charge in [-0.15, -0.1) is 0 Å². The number of halogens is 1. The van der Waals surface area contributed by atoms with Gasteiger partial charge in [0.1, 0.15) is 18.2 Å². The molecule has 5 heteroatoms. The van der Waals surface area contributed by atoms with Crippen LogP contribution >= 0.6 is 0 Å². The minimum atomic E-state index is -0.569. The zero-order chi connectivity index (χ0) is 17.2. The van der Waals surface area contributed by atoms with Crippen LogP contribution in [0.1, 0.15) is 18.1 Å². The molecule has 0 spiro atoms. The van der Waals surface area contributed by atoms with Crippen molar-refractivity contribution < 1.29 is 18.7 Å². The normalized spacial score (nSPS) is 9.58. The second-order valence-corrected chi connectivity index (χ2v) is 4.79. The number of rotatable bonds is 5. The molecule has 4 nitrogen and oxygen atoms in total. The molecule has 24 heavy (non-hydrogen) atoms. The molecule has 0 saturated carbocycles. The van der Waals surface area contributed by atoms with Crippen molar-refractivity contribution in [2.24, 2.45) is 0 Å². The van der Waals surface area contributed by atoms with Crippen molar-refractivity contribution in [3.63, 3.8) is 0 Å². The van der Waals surface area contributed by atoms with E-state index in [1.165, 1.54) is 6.07 Å². The lowest BCUT2D eigenvalue weighted by molar-refractivity contribution is 0.141. The molecule has 0 fully saturated rings. The van der Waals surface area contributed by atoms with Crippen molar-refractivity contribution in [3.05, 3.63) is 65.5 Å². The summed E-state index contributed by atoms with van der Waals surface area (Å²) in [6.07, 6.45) is -0.569. The fourth-order valence-corrected chi connectivity index (χ4v) is 1.88. The van der Waals surface area contributed by atoms with Gasteiger partial charge in [0.2, 0.25) is 0 Å². The summed E-state index contributed by atoms with van der Waals surface area (Å²) in [7, 11) is 0. The maximum atomic E-state index is 13.8. The highest BCUT2D eigenvalue weighted by molar-refractivity contribution is 5.67. The van der Waals surface area contributed by atoms with Crippen molar-refractivity contribution in [3.8, 4) is 17.6 Å². The van der Waals surface area contributed by atoms with Gasteiger partial charge in [-0.3, -0.25) is 0 Å². The topological polar surface area (TPSA) is 47.6 Å². The van der Waals surface area contributed by atoms with Gasteiger partial charge in [-0.1, -0.05) is 42.2 Å². The van der Waals surface area contributed by atoms with E-state index in [0.717, 1.165) is 5.56 Å². The summed E-state index contributed by atoms with van der Waals surface area (Å²) in [5.41, 5.74) is 1.15. The first-order valence-electron chi connectivity index (χ1n) is 7.55. The van der Waals surface area contributed by atoms with E-state index in [1.54, 1.807) is 12.1 Å². The van der Waals surface area contributed by atoms with Crippen molar-refractivity contribution in [1.29, 1.82) is 0 Å². The number of ether oxygens (including phenoxy) is 2. The van der Waals surface area contributed by atoms with Crippen LogP contribution in [0.3, 0.4) is 0 Å². The van der Waals surface area contributed by atoms with Crippen LogP contribution < -0.4 is 10.1 Å². The SMILES string of the molecule is CCOc1ccc(C#CCNC(=O)OCc2ccccc2)c(F)c1. The summed E-state index contributed by atoms with van der Waals surface area (Å²) < 4.78 is 24.0. The lowest BCUT2D eigenvalue weighted by atomic mass is 10.2. The van der Waals surface area contributed by atoms with Crippen LogP contribution in [0.15, 0.2) is 48.5 Å². The van der Waals surface area contributed by atoms with Gasteiger partial charge in [-0.2, -0.15) is 0 Å². The summed E-state index contributed by atoms with van der Waals surface area (Å²) in [4.78, 5) is 11.5. The van der Waals surface area contributed by atoms with Crippen LogP contribution in [0.5, 0.6) is 5.75 Å². The number of nitrogens with one attached hydrogen (secondary N) is 1. The number of amides is 1. The highest BCUT2D eigenvalue weighted by Gasteiger charge is 2.02. The Hall–Kier alpha value is -3.00. The number of carbonyl (C=O) groups excluding carboxylic acids is 1. The van der Waals surface area contributed by atoms with E-state index in [2.05, 4.69) is 17.2 Å². The van der Waals surface area contributed by atoms with E-state index in [9.17, 15) is 9.18 Å². The largest absolute Gasteiger partial charge is 0.494 e. The molecule has 0 unspecified atom stereocenters. The second-order valence-electron chi connectivity index (χ2n) is 4.79. The van der Waals surface area contributed by atoms with Crippen LogP contribution in [0.2, 0.25) is 0 Å². The lowest BCUT2D eigenvalue weighted by Gasteiger charge is -2.04. The Kier molecular flexibility index (Phi) is 6.66. The maximum absolute atomic E-state index is 13.8. The highest BCUT2D eigenvalue weighted by atomic mass is 19.1. The van der Waals surface area contributed by atoms with E-state index in [1.807, 2.05) is 37.3 Å². The molecule has 1 amide bonds. The summed E-state index contributed by atoms with van der Waals surface area (Å²) in [6.45, 7) is 2.56. The zero-order valence-corrected chi connectivity index (χ0v) is 13.3. The molecule has 0 bridgehead atoms. The van der Waals surface area contributed by atoms with Gasteiger partial charge in [-0.25, -0.2) is 9.18 Å². The molecular weight excluding hydrogens is 309 g/mol. The molecule has 0 aromatic heterocycles. The van der Waals surface area contributed by atoms with Crippen LogP contribution in [0.4, 0.5) is 9.18 Å². The average Bonchev–Trinajstić information content (AvgIpc) is 2.59. The molecule has 1 N–H and O–H groups in total. The molecule has 2 aromatic carbocycles. The first-order chi connectivity index (χ1) is 11.7. The van der Waals surface area contributed by atoms with Crippen molar-refractivity contribution in [1.82, 2.24) is 5.32 Å². The molecule has 0 aliphatic heterocycles. The molecule has 0 atom stereocenters. The fourth-order valence-electron chi connectivity index (χ4n) is 1.88. The average molecular weight is 327 g/mol. The fraction of sp³-hybridized carbons (Fsp3) is 0.211. The third-order valence-corrected chi connectivity index (χ3v) is 3.01. The maximum Gasteiger partial charge on any atom is 0.408 e. The Morgan fingerprint density at radius 2 is 2.00 bits per heavy atom. The van der Waals surface area contributed by atoms with Crippen molar-refractivity contribution >= 4 is 6.09 Å². The van der Waals surface area contributed by atoms with Gasteiger partial charge in [0.15, 0.2) is 0 Å². The predicted molar refractivity (Wildman–Crippen MR) is 89.1 cm³/mol. The minimum Gasteiger partial charge on any atom is -0.494 e. The summed E-state index contributed by atoms with van der Waals surface area (Å²) in [6, 6.07) is 13.8. The summed E-state index contributed by atoms with van der Waals surface area (Å²) in [5.74, 6) is 5.34. The smallest absolute Gasteiger partial charge is 0.408 e. The minimum absolute atomic E-state index is 0.0697. The van der Waals surface area contributed by atoms with E-state index in [0.29, 0.717) is 12.4 Å². The third kappa shape index (κ3) is 5.65. The number of hydrogen-bond donors (Lipinski definition) is 1. The standard InChI is InChI=1S/C19H18FNO3/c1-2-23-17-11-10-16(18(20)13-17)9-6-12-21-19(22)24-14-15-7-4-3-5-8-15/h3-5,7-8,10-11,13H,2,12,14H2,1H3,(H,21,22). The number of hydrogen-bond acceptors (Lipinski definition) is 3. The Balaban J connectivity index is 1.78. The monoisotopic (exact) mass is 327 g/mol. The van der Waals surface area contributed by atoms with Crippen molar-refractivity contribution in [2.75, 3.05) is 13.2 Å². The quantitative estimate of drug-likeness (QED) is 0.855. The molecule has 2 rings (SSSR count). The Morgan fingerprint density at radius 1 is 1.21 bits per heavy atom. The van der Waals surface area contributed by atoms with E-state index >= 15 is 0 Å². The Morgan fingerprint density at radius 3 is 2.71 bits per heavy atom. The van der Waals surface area contributed by atoms with Crippen molar-refractivity contribution in [2.45, 2.75) is 13.5 Å². The Labute approximate surface area is 140 Å². The molecule has 0 heterocycles. The molecule has 0 aliphatic rings. The van der Waals surface area contributed by atoms with Crippen LogP contribution in [0, 0.1) is 17.7 Å². The van der Waals surface area contributed by atoms with Gasteiger partial charge in [0.25, 0.3) is 0 Å². The first kappa shape index (κ1) is 17.4. The Bertz CT molecular complexity index is 735. The summed E-state index contributed by atoms with van der Waals surface area (Å²) in [5, 5.41) is 2.49. The molecule has 2 aromatic rings.